The number of anilines is 1. The quantitative estimate of drug-likeness (QED) is 0.638. The number of rotatable bonds is 5. The summed E-state index contributed by atoms with van der Waals surface area (Å²) >= 11 is 0. The van der Waals surface area contributed by atoms with E-state index in [9.17, 15) is 15.0 Å². The van der Waals surface area contributed by atoms with Gasteiger partial charge in [-0.25, -0.2) is 14.8 Å². The van der Waals surface area contributed by atoms with E-state index in [0.717, 1.165) is 24.0 Å². The fourth-order valence-electron chi connectivity index (χ4n) is 3.69. The van der Waals surface area contributed by atoms with Gasteiger partial charge in [0.2, 0.25) is 5.88 Å². The molecule has 3 N–H and O–H groups in total. The van der Waals surface area contributed by atoms with E-state index in [2.05, 4.69) is 15.3 Å². The number of carbonyl (C=O) groups is 1. The Morgan fingerprint density at radius 2 is 2.10 bits per heavy atom. The predicted molar refractivity (Wildman–Crippen MR) is 113 cm³/mol. The summed E-state index contributed by atoms with van der Waals surface area (Å²) in [4.78, 5) is 21.1. The SMILES string of the molecule is CC(C)OC(=O)c1c(NC2CCC(O)CC2)oc(C=C2C=Nc3ncccc32)c1O. The number of aliphatic imine (C=N–C) groups is 1. The van der Waals surface area contributed by atoms with E-state index in [0.29, 0.717) is 18.7 Å². The molecule has 1 saturated carbocycles. The van der Waals surface area contributed by atoms with E-state index in [-0.39, 0.29) is 41.2 Å². The Kier molecular flexibility index (Phi) is 5.59. The molecule has 2 aromatic rings. The van der Waals surface area contributed by atoms with E-state index in [1.165, 1.54) is 0 Å². The number of aliphatic hydroxyl groups is 1. The highest BCUT2D eigenvalue weighted by atomic mass is 16.5. The van der Waals surface area contributed by atoms with Crippen LogP contribution in [0.25, 0.3) is 11.6 Å². The zero-order chi connectivity index (χ0) is 21.3. The van der Waals surface area contributed by atoms with Gasteiger partial charge in [0.25, 0.3) is 0 Å². The average Bonchev–Trinajstić information content (AvgIpc) is 3.25. The Bertz CT molecular complexity index is 1000. The fourth-order valence-corrected chi connectivity index (χ4v) is 3.69. The Labute approximate surface area is 174 Å². The second-order valence-electron chi connectivity index (χ2n) is 7.86. The summed E-state index contributed by atoms with van der Waals surface area (Å²) in [6, 6.07) is 3.71. The Morgan fingerprint density at radius 1 is 1.33 bits per heavy atom. The van der Waals surface area contributed by atoms with Crippen molar-refractivity contribution in [2.75, 3.05) is 5.32 Å². The van der Waals surface area contributed by atoms with Gasteiger partial charge in [-0.05, 0) is 57.7 Å². The summed E-state index contributed by atoms with van der Waals surface area (Å²) in [6.07, 6.45) is 7.12. The molecule has 2 aliphatic rings. The van der Waals surface area contributed by atoms with E-state index in [1.54, 1.807) is 38.4 Å². The molecule has 4 rings (SSSR count). The van der Waals surface area contributed by atoms with Crippen LogP contribution >= 0.6 is 0 Å². The maximum Gasteiger partial charge on any atom is 0.347 e. The van der Waals surface area contributed by atoms with E-state index >= 15 is 0 Å². The van der Waals surface area contributed by atoms with Crippen LogP contribution in [-0.2, 0) is 4.74 Å². The van der Waals surface area contributed by atoms with Gasteiger partial charge in [-0.15, -0.1) is 0 Å². The van der Waals surface area contributed by atoms with Crippen molar-refractivity contribution in [2.45, 2.75) is 57.8 Å². The van der Waals surface area contributed by atoms with E-state index < -0.39 is 5.97 Å². The molecule has 0 saturated heterocycles. The molecule has 0 atom stereocenters. The van der Waals surface area contributed by atoms with Gasteiger partial charge in [-0.1, -0.05) is 0 Å². The van der Waals surface area contributed by atoms with Crippen molar-refractivity contribution < 1.29 is 24.2 Å². The van der Waals surface area contributed by atoms with Crippen molar-refractivity contribution in [3.8, 4) is 5.75 Å². The highest BCUT2D eigenvalue weighted by Crippen LogP contribution is 2.39. The highest BCUT2D eigenvalue weighted by molar-refractivity contribution is 6.21. The van der Waals surface area contributed by atoms with Gasteiger partial charge < -0.3 is 24.7 Å². The summed E-state index contributed by atoms with van der Waals surface area (Å²) < 4.78 is 11.2. The van der Waals surface area contributed by atoms with Crippen LogP contribution < -0.4 is 5.32 Å². The maximum absolute atomic E-state index is 12.7. The molecular formula is C22H25N3O5. The molecule has 1 aliphatic heterocycles. The first-order valence-corrected chi connectivity index (χ1v) is 10.1. The number of nitrogens with zero attached hydrogens (tertiary/aromatic N) is 2. The second kappa shape index (κ2) is 8.31. The minimum Gasteiger partial charge on any atom is -0.504 e. The lowest BCUT2D eigenvalue weighted by atomic mass is 9.93. The van der Waals surface area contributed by atoms with Crippen LogP contribution in [0.15, 0.2) is 27.7 Å². The Hall–Kier alpha value is -3.13. The third-order valence-electron chi connectivity index (χ3n) is 5.20. The zero-order valence-corrected chi connectivity index (χ0v) is 17.0. The first kappa shape index (κ1) is 20.2. The molecule has 30 heavy (non-hydrogen) atoms. The van der Waals surface area contributed by atoms with Gasteiger partial charge in [0, 0.05) is 29.6 Å². The fraction of sp³-hybridized carbons (Fsp3) is 0.409. The third-order valence-corrected chi connectivity index (χ3v) is 5.20. The van der Waals surface area contributed by atoms with Crippen LogP contribution in [0.1, 0.15) is 61.2 Å². The van der Waals surface area contributed by atoms with Crippen molar-refractivity contribution >= 4 is 35.5 Å². The molecule has 0 unspecified atom stereocenters. The number of furan rings is 1. The molecule has 0 amide bonds. The topological polar surface area (TPSA) is 117 Å². The number of hydrogen-bond acceptors (Lipinski definition) is 8. The van der Waals surface area contributed by atoms with Gasteiger partial charge in [0.1, 0.15) is 0 Å². The first-order valence-electron chi connectivity index (χ1n) is 10.1. The average molecular weight is 411 g/mol. The molecular weight excluding hydrogens is 386 g/mol. The summed E-state index contributed by atoms with van der Waals surface area (Å²) in [7, 11) is 0. The first-order chi connectivity index (χ1) is 14.4. The van der Waals surface area contributed by atoms with Gasteiger partial charge in [-0.3, -0.25) is 0 Å². The second-order valence-corrected chi connectivity index (χ2v) is 7.86. The number of carbonyl (C=O) groups excluding carboxylic acids is 1. The molecule has 158 valence electrons. The third kappa shape index (κ3) is 4.09. The lowest BCUT2D eigenvalue weighted by molar-refractivity contribution is 0.0375. The number of aliphatic hydroxyl groups excluding tert-OH is 1. The highest BCUT2D eigenvalue weighted by Gasteiger charge is 2.30. The van der Waals surface area contributed by atoms with Gasteiger partial charge >= 0.3 is 5.97 Å². The van der Waals surface area contributed by atoms with Crippen LogP contribution in [0.3, 0.4) is 0 Å². The lowest BCUT2D eigenvalue weighted by Crippen LogP contribution is -2.28. The molecule has 8 nitrogen and oxygen atoms in total. The number of esters is 1. The van der Waals surface area contributed by atoms with Crippen molar-refractivity contribution in [2.24, 2.45) is 4.99 Å². The molecule has 0 bridgehead atoms. The van der Waals surface area contributed by atoms with Crippen molar-refractivity contribution in [3.63, 3.8) is 0 Å². The minimum absolute atomic E-state index is 0.0250. The Balaban J connectivity index is 1.68. The van der Waals surface area contributed by atoms with Crippen molar-refractivity contribution in [3.05, 3.63) is 35.2 Å². The monoisotopic (exact) mass is 411 g/mol. The number of allylic oxidation sites excluding steroid dienone is 1. The number of ether oxygens (including phenoxy) is 1. The summed E-state index contributed by atoms with van der Waals surface area (Å²) in [6.45, 7) is 3.49. The predicted octanol–water partition coefficient (Wildman–Crippen LogP) is 3.92. The van der Waals surface area contributed by atoms with E-state index in [4.69, 9.17) is 9.15 Å². The number of pyridine rings is 1. The zero-order valence-electron chi connectivity index (χ0n) is 17.0. The van der Waals surface area contributed by atoms with Crippen LogP contribution in [0.2, 0.25) is 0 Å². The number of hydrogen-bond donors (Lipinski definition) is 3. The molecule has 0 spiro atoms. The molecule has 8 heteroatoms. The molecule has 1 aliphatic carbocycles. The van der Waals surface area contributed by atoms with Crippen LogP contribution in [0.4, 0.5) is 11.7 Å². The number of aromatic nitrogens is 1. The number of nitrogens with one attached hydrogen (secondary N) is 1. The van der Waals surface area contributed by atoms with Crippen molar-refractivity contribution in [1.82, 2.24) is 4.98 Å². The maximum atomic E-state index is 12.7. The molecule has 2 aromatic heterocycles. The number of fused-ring (bicyclic) bond motifs is 1. The summed E-state index contributed by atoms with van der Waals surface area (Å²) in [5, 5.41) is 23.7. The number of aromatic hydroxyl groups is 1. The largest absolute Gasteiger partial charge is 0.504 e. The smallest absolute Gasteiger partial charge is 0.347 e. The normalized spacial score (nSPS) is 21.8. The van der Waals surface area contributed by atoms with Crippen LogP contribution in [-0.4, -0.2) is 45.6 Å². The minimum atomic E-state index is -0.656. The Morgan fingerprint density at radius 3 is 2.83 bits per heavy atom. The van der Waals surface area contributed by atoms with Crippen LogP contribution in [0, 0.1) is 0 Å². The van der Waals surface area contributed by atoms with Gasteiger partial charge in [0.15, 0.2) is 22.9 Å². The van der Waals surface area contributed by atoms with Gasteiger partial charge in [0.05, 0.1) is 12.2 Å². The molecule has 1 fully saturated rings. The molecule has 3 heterocycles. The van der Waals surface area contributed by atoms with Crippen LogP contribution in [0.5, 0.6) is 5.75 Å². The standard InChI is InChI=1S/C22H25N3O5/c1-12(2)29-22(28)18-19(27)17(10-13-11-24-20-16(13)4-3-9-23-20)30-21(18)25-14-5-7-15(26)8-6-14/h3-4,9-12,14-15,25-27H,5-8H2,1-2H3. The van der Waals surface area contributed by atoms with Gasteiger partial charge in [-0.2, -0.15) is 0 Å². The van der Waals surface area contributed by atoms with E-state index in [1.807, 2.05) is 6.07 Å². The molecule has 0 radical (unpaired) electrons. The van der Waals surface area contributed by atoms with Crippen molar-refractivity contribution in [1.29, 1.82) is 0 Å². The lowest BCUT2D eigenvalue weighted by Gasteiger charge is -2.26. The summed E-state index contributed by atoms with van der Waals surface area (Å²) in [5.41, 5.74) is 1.51. The molecule has 0 aromatic carbocycles. The summed E-state index contributed by atoms with van der Waals surface area (Å²) in [5.74, 6) is -0.0306.